The van der Waals surface area contributed by atoms with Crippen LogP contribution in [0.3, 0.4) is 0 Å². The second kappa shape index (κ2) is 11.0. The van der Waals surface area contributed by atoms with Crippen LogP contribution in [0.15, 0.2) is 39.9 Å². The second-order valence-corrected chi connectivity index (χ2v) is 9.80. The van der Waals surface area contributed by atoms with E-state index in [9.17, 15) is 19.2 Å². The fourth-order valence-corrected chi connectivity index (χ4v) is 4.42. The highest BCUT2D eigenvalue weighted by molar-refractivity contribution is 6.01. The number of carbonyl (C=O) groups excluding carboxylic acids is 2. The molecule has 9 nitrogen and oxygen atoms in total. The minimum atomic E-state index is -0.686. The number of hydrogen-bond acceptors (Lipinski definition) is 6. The second-order valence-electron chi connectivity index (χ2n) is 9.80. The summed E-state index contributed by atoms with van der Waals surface area (Å²) in [5.74, 6) is -0.730. The van der Waals surface area contributed by atoms with E-state index >= 15 is 0 Å². The van der Waals surface area contributed by atoms with Crippen LogP contribution in [-0.4, -0.2) is 50.4 Å². The molecule has 1 aliphatic rings. The summed E-state index contributed by atoms with van der Waals surface area (Å²) in [6.45, 7) is 8.34. The lowest BCUT2D eigenvalue weighted by Gasteiger charge is -2.36. The fourth-order valence-electron chi connectivity index (χ4n) is 4.42. The van der Waals surface area contributed by atoms with Gasteiger partial charge >= 0.3 is 5.69 Å². The van der Waals surface area contributed by atoms with Gasteiger partial charge < -0.3 is 11.1 Å². The van der Waals surface area contributed by atoms with E-state index < -0.39 is 23.1 Å². The van der Waals surface area contributed by atoms with Crippen LogP contribution in [0.2, 0.25) is 0 Å². The summed E-state index contributed by atoms with van der Waals surface area (Å²) in [5, 5.41) is 3.08. The van der Waals surface area contributed by atoms with Crippen molar-refractivity contribution in [2.75, 3.05) is 18.8 Å². The molecule has 2 heterocycles. The van der Waals surface area contributed by atoms with Gasteiger partial charge in [-0.25, -0.2) is 4.79 Å². The summed E-state index contributed by atoms with van der Waals surface area (Å²) in [7, 11) is 0. The first-order valence-corrected chi connectivity index (χ1v) is 12.4. The van der Waals surface area contributed by atoms with E-state index in [2.05, 4.69) is 5.32 Å². The van der Waals surface area contributed by atoms with Crippen molar-refractivity contribution in [1.82, 2.24) is 19.4 Å². The summed E-state index contributed by atoms with van der Waals surface area (Å²) in [5.41, 5.74) is 5.34. The maximum Gasteiger partial charge on any atom is 0.332 e. The van der Waals surface area contributed by atoms with Gasteiger partial charge in [0.15, 0.2) is 5.78 Å². The number of carbonyl (C=O) groups is 2. The third-order valence-corrected chi connectivity index (χ3v) is 6.85. The zero-order valence-corrected chi connectivity index (χ0v) is 21.2. The van der Waals surface area contributed by atoms with Crippen molar-refractivity contribution >= 4 is 17.5 Å². The van der Waals surface area contributed by atoms with Gasteiger partial charge in [-0.05, 0) is 52.1 Å². The first-order valence-electron chi connectivity index (χ1n) is 12.4. The minimum Gasteiger partial charge on any atom is -0.384 e. The van der Waals surface area contributed by atoms with Gasteiger partial charge in [0.25, 0.3) is 5.56 Å². The summed E-state index contributed by atoms with van der Waals surface area (Å²) >= 11 is 0. The Morgan fingerprint density at radius 3 is 2.40 bits per heavy atom. The molecule has 0 radical (unpaired) electrons. The third-order valence-electron chi connectivity index (χ3n) is 6.85. The van der Waals surface area contributed by atoms with Gasteiger partial charge in [0.05, 0.1) is 19.1 Å². The Balaban J connectivity index is 1.94. The van der Waals surface area contributed by atoms with Gasteiger partial charge in [-0.1, -0.05) is 43.7 Å². The van der Waals surface area contributed by atoms with E-state index in [0.29, 0.717) is 13.0 Å². The number of hydrogen-bond donors (Lipinski definition) is 2. The van der Waals surface area contributed by atoms with Crippen molar-refractivity contribution in [1.29, 1.82) is 0 Å². The van der Waals surface area contributed by atoms with Crippen molar-refractivity contribution in [2.45, 2.75) is 78.0 Å². The number of nitrogen functional groups attached to an aromatic ring is 1. The molecule has 1 aromatic heterocycles. The highest BCUT2D eigenvalue weighted by Crippen LogP contribution is 2.20. The Hall–Kier alpha value is -3.20. The highest BCUT2D eigenvalue weighted by atomic mass is 16.2. The summed E-state index contributed by atoms with van der Waals surface area (Å²) < 4.78 is 2.31. The molecule has 35 heavy (non-hydrogen) atoms. The standard InChI is InChI=1S/C26H37N5O4/c1-5-26(3,4)28-23(33)19-14-10-11-15-29(19)17-20(32)21-22(27)31(16-18-12-8-7-9-13-18)25(35)30(6-2)24(21)34/h7-9,12-13,19H,5-6,10-11,14-17,27H2,1-4H3,(H,28,33). The van der Waals surface area contributed by atoms with Crippen LogP contribution >= 0.6 is 0 Å². The number of nitrogens with zero attached hydrogens (tertiary/aromatic N) is 3. The molecule has 1 atom stereocenters. The van der Waals surface area contributed by atoms with E-state index in [1.165, 1.54) is 4.57 Å². The van der Waals surface area contributed by atoms with Gasteiger partial charge in [-0.15, -0.1) is 0 Å². The molecule has 9 heteroatoms. The van der Waals surface area contributed by atoms with Gasteiger partial charge in [-0.2, -0.15) is 0 Å². The average Bonchev–Trinajstić information content (AvgIpc) is 2.83. The number of ketones is 1. The number of rotatable bonds is 9. The lowest BCUT2D eigenvalue weighted by Crippen LogP contribution is -2.55. The lowest BCUT2D eigenvalue weighted by atomic mass is 9.97. The van der Waals surface area contributed by atoms with Crippen molar-refractivity contribution in [3.8, 4) is 0 Å². The summed E-state index contributed by atoms with van der Waals surface area (Å²) in [6.07, 6.45) is 3.17. The average molecular weight is 484 g/mol. The van der Waals surface area contributed by atoms with Gasteiger partial charge in [-0.3, -0.25) is 28.4 Å². The molecule has 0 bridgehead atoms. The SMILES string of the molecule is CCn1c(=O)c(C(=O)CN2CCCCC2C(=O)NC(C)(C)CC)c(N)n(Cc2ccccc2)c1=O. The molecule has 0 aliphatic carbocycles. The van der Waals surface area contributed by atoms with Crippen molar-refractivity contribution in [3.05, 3.63) is 62.3 Å². The van der Waals surface area contributed by atoms with Gasteiger partial charge in [0, 0.05) is 12.1 Å². The molecule has 1 saturated heterocycles. The van der Waals surface area contributed by atoms with Crippen molar-refractivity contribution in [3.63, 3.8) is 0 Å². The molecule has 0 spiro atoms. The number of benzene rings is 1. The number of nitrogens with two attached hydrogens (primary N) is 1. The topological polar surface area (TPSA) is 119 Å². The summed E-state index contributed by atoms with van der Waals surface area (Å²) in [6, 6.07) is 8.81. The Labute approximate surface area is 205 Å². The van der Waals surface area contributed by atoms with E-state index in [1.807, 2.05) is 56.0 Å². The maximum atomic E-state index is 13.5. The Morgan fingerprint density at radius 2 is 1.77 bits per heavy atom. The Kier molecular flexibility index (Phi) is 8.32. The molecule has 1 amide bonds. The zero-order valence-electron chi connectivity index (χ0n) is 21.2. The Morgan fingerprint density at radius 1 is 1.09 bits per heavy atom. The molecule has 1 aromatic carbocycles. The smallest absolute Gasteiger partial charge is 0.332 e. The molecule has 1 fully saturated rings. The molecule has 3 N–H and O–H groups in total. The molecule has 1 unspecified atom stereocenters. The van der Waals surface area contributed by atoms with E-state index in [1.54, 1.807) is 6.92 Å². The molecule has 1 aliphatic heterocycles. The largest absolute Gasteiger partial charge is 0.384 e. The number of likely N-dealkylation sites (tertiary alicyclic amines) is 1. The van der Waals surface area contributed by atoms with Crippen LogP contribution in [0.1, 0.15) is 69.3 Å². The fraction of sp³-hybridized carbons (Fsp3) is 0.538. The Bertz CT molecular complexity index is 1180. The number of Topliss-reactive ketones (excluding diaryl/α,β-unsaturated/α-hetero) is 1. The van der Waals surface area contributed by atoms with Crippen LogP contribution < -0.4 is 22.3 Å². The van der Waals surface area contributed by atoms with E-state index in [-0.39, 0.29) is 42.5 Å². The molecular weight excluding hydrogens is 446 g/mol. The number of aromatic nitrogens is 2. The van der Waals surface area contributed by atoms with Crippen LogP contribution in [0.25, 0.3) is 0 Å². The molecular formula is C26H37N5O4. The number of piperidine rings is 1. The maximum absolute atomic E-state index is 13.5. The van der Waals surface area contributed by atoms with E-state index in [0.717, 1.165) is 29.4 Å². The first kappa shape index (κ1) is 26.4. The van der Waals surface area contributed by atoms with Crippen LogP contribution in [-0.2, 0) is 17.9 Å². The third kappa shape index (κ3) is 5.90. The lowest BCUT2D eigenvalue weighted by molar-refractivity contribution is -0.129. The monoisotopic (exact) mass is 483 g/mol. The van der Waals surface area contributed by atoms with Gasteiger partial charge in [0.2, 0.25) is 5.91 Å². The highest BCUT2D eigenvalue weighted by Gasteiger charge is 2.34. The molecule has 2 aromatic rings. The minimum absolute atomic E-state index is 0.114. The quantitative estimate of drug-likeness (QED) is 0.527. The summed E-state index contributed by atoms with van der Waals surface area (Å²) in [4.78, 5) is 54.4. The van der Waals surface area contributed by atoms with Crippen LogP contribution in [0, 0.1) is 0 Å². The molecule has 3 rings (SSSR count). The van der Waals surface area contributed by atoms with E-state index in [4.69, 9.17) is 5.73 Å². The number of nitrogens with one attached hydrogen (secondary N) is 1. The molecule has 190 valence electrons. The van der Waals surface area contributed by atoms with Gasteiger partial charge in [0.1, 0.15) is 11.4 Å². The number of amides is 1. The normalized spacial score (nSPS) is 16.7. The van der Waals surface area contributed by atoms with Crippen molar-refractivity contribution in [2.24, 2.45) is 0 Å². The van der Waals surface area contributed by atoms with Crippen LogP contribution in [0.4, 0.5) is 5.82 Å². The first-order chi connectivity index (χ1) is 16.6. The predicted octanol–water partition coefficient (Wildman–Crippen LogP) is 2.00. The number of anilines is 1. The van der Waals surface area contributed by atoms with Crippen molar-refractivity contribution < 1.29 is 9.59 Å². The van der Waals surface area contributed by atoms with Crippen LogP contribution in [0.5, 0.6) is 0 Å². The predicted molar refractivity (Wildman–Crippen MR) is 137 cm³/mol. The molecule has 0 saturated carbocycles. The zero-order chi connectivity index (χ0) is 25.8.